The van der Waals surface area contributed by atoms with Crippen LogP contribution in [0.15, 0.2) is 18.2 Å². The van der Waals surface area contributed by atoms with Crippen LogP contribution in [0.2, 0.25) is 0 Å². The van der Waals surface area contributed by atoms with Gasteiger partial charge in [-0.3, -0.25) is 0 Å². The lowest BCUT2D eigenvalue weighted by atomic mass is 10.1. The van der Waals surface area contributed by atoms with Gasteiger partial charge in [-0.05, 0) is 32.1 Å². The fourth-order valence-electron chi connectivity index (χ4n) is 1.91. The van der Waals surface area contributed by atoms with Crippen LogP contribution in [0.4, 0.5) is 4.39 Å². The Morgan fingerprint density at radius 2 is 2.00 bits per heavy atom. The van der Waals surface area contributed by atoms with E-state index < -0.39 is 0 Å². The molecular weight excluding hydrogens is 231 g/mol. The van der Waals surface area contributed by atoms with Crippen LogP contribution >= 0.6 is 0 Å². The molecule has 0 heterocycles. The van der Waals surface area contributed by atoms with Crippen molar-refractivity contribution in [2.24, 2.45) is 5.73 Å². The second kappa shape index (κ2) is 7.34. The molecule has 0 aliphatic rings. The molecule has 1 atom stereocenters. The summed E-state index contributed by atoms with van der Waals surface area (Å²) in [5, 5.41) is 0. The average molecular weight is 254 g/mol. The SMILES string of the molecule is CCN(CC)CCOc1cccc(F)c1C(C)N. The Kier molecular flexibility index (Phi) is 6.09. The van der Waals surface area contributed by atoms with Crippen LogP contribution in [0.5, 0.6) is 5.75 Å². The number of halogens is 1. The first-order valence-corrected chi connectivity index (χ1v) is 6.49. The van der Waals surface area contributed by atoms with Gasteiger partial charge in [-0.1, -0.05) is 19.9 Å². The number of nitrogens with two attached hydrogens (primary N) is 1. The molecule has 3 nitrogen and oxygen atoms in total. The number of likely N-dealkylation sites (N-methyl/N-ethyl adjacent to an activating group) is 1. The van der Waals surface area contributed by atoms with Crippen molar-refractivity contribution in [2.75, 3.05) is 26.2 Å². The van der Waals surface area contributed by atoms with E-state index in [1.54, 1.807) is 19.1 Å². The maximum Gasteiger partial charge on any atom is 0.131 e. The summed E-state index contributed by atoms with van der Waals surface area (Å²) in [7, 11) is 0. The summed E-state index contributed by atoms with van der Waals surface area (Å²) in [4.78, 5) is 2.25. The third kappa shape index (κ3) is 3.96. The summed E-state index contributed by atoms with van der Waals surface area (Å²) in [6, 6.07) is 4.46. The predicted molar refractivity (Wildman–Crippen MR) is 72.3 cm³/mol. The first-order chi connectivity index (χ1) is 8.60. The molecule has 0 aliphatic heterocycles. The first-order valence-electron chi connectivity index (χ1n) is 6.49. The molecule has 2 N–H and O–H groups in total. The normalized spacial score (nSPS) is 12.8. The highest BCUT2D eigenvalue weighted by Crippen LogP contribution is 2.26. The van der Waals surface area contributed by atoms with Crippen molar-refractivity contribution in [3.63, 3.8) is 0 Å². The quantitative estimate of drug-likeness (QED) is 0.812. The van der Waals surface area contributed by atoms with E-state index in [2.05, 4.69) is 18.7 Å². The van der Waals surface area contributed by atoms with E-state index >= 15 is 0 Å². The van der Waals surface area contributed by atoms with Gasteiger partial charge < -0.3 is 15.4 Å². The lowest BCUT2D eigenvalue weighted by molar-refractivity contribution is 0.220. The second-order valence-corrected chi connectivity index (χ2v) is 4.32. The Balaban J connectivity index is 2.64. The third-order valence-electron chi connectivity index (χ3n) is 3.03. The molecule has 0 radical (unpaired) electrons. The number of benzene rings is 1. The number of hydrogen-bond acceptors (Lipinski definition) is 3. The average Bonchev–Trinajstić information content (AvgIpc) is 2.34. The zero-order valence-corrected chi connectivity index (χ0v) is 11.4. The molecule has 0 bridgehead atoms. The van der Waals surface area contributed by atoms with Gasteiger partial charge in [0, 0.05) is 18.2 Å². The van der Waals surface area contributed by atoms with Gasteiger partial charge in [0.2, 0.25) is 0 Å². The van der Waals surface area contributed by atoms with E-state index in [4.69, 9.17) is 10.5 Å². The fraction of sp³-hybridized carbons (Fsp3) is 0.571. The van der Waals surface area contributed by atoms with Crippen LogP contribution in [-0.4, -0.2) is 31.1 Å². The van der Waals surface area contributed by atoms with Gasteiger partial charge in [-0.15, -0.1) is 0 Å². The monoisotopic (exact) mass is 254 g/mol. The largest absolute Gasteiger partial charge is 0.492 e. The number of hydrogen-bond donors (Lipinski definition) is 1. The van der Waals surface area contributed by atoms with Gasteiger partial charge in [0.25, 0.3) is 0 Å². The second-order valence-electron chi connectivity index (χ2n) is 4.32. The van der Waals surface area contributed by atoms with Crippen molar-refractivity contribution in [1.29, 1.82) is 0 Å². The van der Waals surface area contributed by atoms with Crippen molar-refractivity contribution in [1.82, 2.24) is 4.90 Å². The molecular formula is C14H23FN2O. The summed E-state index contributed by atoms with van der Waals surface area (Å²) in [6.45, 7) is 9.34. The minimum atomic E-state index is -0.366. The van der Waals surface area contributed by atoms with Crippen molar-refractivity contribution in [2.45, 2.75) is 26.8 Å². The Morgan fingerprint density at radius 3 is 2.56 bits per heavy atom. The lowest BCUT2D eigenvalue weighted by Crippen LogP contribution is -2.28. The van der Waals surface area contributed by atoms with E-state index in [1.165, 1.54) is 6.07 Å². The Hall–Kier alpha value is -1.13. The van der Waals surface area contributed by atoms with Crippen LogP contribution in [0, 0.1) is 5.82 Å². The van der Waals surface area contributed by atoms with Crippen LogP contribution in [-0.2, 0) is 0 Å². The molecule has 1 aromatic carbocycles. The number of ether oxygens (including phenoxy) is 1. The highest BCUT2D eigenvalue weighted by Gasteiger charge is 2.13. The lowest BCUT2D eigenvalue weighted by Gasteiger charge is -2.19. The van der Waals surface area contributed by atoms with Gasteiger partial charge in [0.15, 0.2) is 0 Å². The van der Waals surface area contributed by atoms with E-state index in [-0.39, 0.29) is 11.9 Å². The van der Waals surface area contributed by atoms with Gasteiger partial charge in [-0.2, -0.15) is 0 Å². The molecule has 102 valence electrons. The molecule has 1 unspecified atom stereocenters. The summed E-state index contributed by atoms with van der Waals surface area (Å²) in [5.74, 6) is 0.252. The zero-order chi connectivity index (χ0) is 13.5. The molecule has 18 heavy (non-hydrogen) atoms. The van der Waals surface area contributed by atoms with Gasteiger partial charge in [-0.25, -0.2) is 4.39 Å². The molecule has 0 aliphatic carbocycles. The summed E-state index contributed by atoms with van der Waals surface area (Å²) >= 11 is 0. The third-order valence-corrected chi connectivity index (χ3v) is 3.03. The molecule has 0 fully saturated rings. The zero-order valence-electron chi connectivity index (χ0n) is 11.4. The maximum atomic E-state index is 13.6. The van der Waals surface area contributed by atoms with Crippen LogP contribution in [0.25, 0.3) is 0 Å². The van der Waals surface area contributed by atoms with Crippen molar-refractivity contribution < 1.29 is 9.13 Å². The molecule has 0 saturated carbocycles. The summed E-state index contributed by atoms with van der Waals surface area (Å²) < 4.78 is 19.3. The highest BCUT2D eigenvalue weighted by molar-refractivity contribution is 5.36. The molecule has 0 amide bonds. The number of nitrogens with zero attached hydrogens (tertiary/aromatic N) is 1. The minimum Gasteiger partial charge on any atom is -0.492 e. The molecule has 0 saturated heterocycles. The van der Waals surface area contributed by atoms with E-state index in [0.29, 0.717) is 17.9 Å². The van der Waals surface area contributed by atoms with Gasteiger partial charge >= 0.3 is 0 Å². The molecule has 4 heteroatoms. The molecule has 0 aromatic heterocycles. The minimum absolute atomic E-state index is 0.301. The first kappa shape index (κ1) is 14.9. The van der Waals surface area contributed by atoms with Gasteiger partial charge in [0.1, 0.15) is 18.2 Å². The van der Waals surface area contributed by atoms with E-state index in [9.17, 15) is 4.39 Å². The van der Waals surface area contributed by atoms with Crippen LogP contribution in [0.3, 0.4) is 0 Å². The van der Waals surface area contributed by atoms with Gasteiger partial charge in [0.05, 0.1) is 0 Å². The van der Waals surface area contributed by atoms with Crippen LogP contribution < -0.4 is 10.5 Å². The number of rotatable bonds is 7. The molecule has 1 aromatic rings. The smallest absolute Gasteiger partial charge is 0.131 e. The Labute approximate surface area is 109 Å². The Bertz CT molecular complexity index is 365. The maximum absolute atomic E-state index is 13.6. The van der Waals surface area contributed by atoms with Crippen molar-refractivity contribution in [3.05, 3.63) is 29.6 Å². The summed E-state index contributed by atoms with van der Waals surface area (Å²) in [6.07, 6.45) is 0. The highest BCUT2D eigenvalue weighted by atomic mass is 19.1. The molecule has 1 rings (SSSR count). The van der Waals surface area contributed by atoms with E-state index in [0.717, 1.165) is 19.6 Å². The van der Waals surface area contributed by atoms with Crippen LogP contribution in [0.1, 0.15) is 32.4 Å². The van der Waals surface area contributed by atoms with Crippen molar-refractivity contribution >= 4 is 0 Å². The fourth-order valence-corrected chi connectivity index (χ4v) is 1.91. The predicted octanol–water partition coefficient (Wildman–Crippen LogP) is 2.57. The summed E-state index contributed by atoms with van der Waals surface area (Å²) in [5.41, 5.74) is 6.22. The van der Waals surface area contributed by atoms with Crippen molar-refractivity contribution in [3.8, 4) is 5.75 Å². The standard InChI is InChI=1S/C14H23FN2O/c1-4-17(5-2)9-10-18-13-8-6-7-12(15)14(13)11(3)16/h6-8,11H,4-5,9-10,16H2,1-3H3. The molecule has 0 spiro atoms. The van der Waals surface area contributed by atoms with E-state index in [1.807, 2.05) is 0 Å². The Morgan fingerprint density at radius 1 is 1.33 bits per heavy atom. The topological polar surface area (TPSA) is 38.5 Å².